The van der Waals surface area contributed by atoms with Crippen molar-refractivity contribution in [3.8, 4) is 0 Å². The SMILES string of the molecule is Cc1nc(CNc2c(C(=O)O)c(C)nn2C)oc1C. The van der Waals surface area contributed by atoms with Gasteiger partial charge in [-0.05, 0) is 20.8 Å². The molecule has 0 aliphatic rings. The van der Waals surface area contributed by atoms with Crippen molar-refractivity contribution in [1.82, 2.24) is 14.8 Å². The molecule has 0 radical (unpaired) electrons. The molecule has 0 saturated heterocycles. The van der Waals surface area contributed by atoms with Gasteiger partial charge in [0.25, 0.3) is 0 Å². The van der Waals surface area contributed by atoms with E-state index in [-0.39, 0.29) is 5.56 Å². The van der Waals surface area contributed by atoms with Gasteiger partial charge in [0.2, 0.25) is 5.89 Å². The molecule has 2 heterocycles. The van der Waals surface area contributed by atoms with Gasteiger partial charge in [0.1, 0.15) is 17.1 Å². The smallest absolute Gasteiger partial charge is 0.341 e. The number of nitrogens with zero attached hydrogens (tertiary/aromatic N) is 3. The number of hydrogen-bond acceptors (Lipinski definition) is 5. The molecule has 0 aromatic carbocycles. The number of rotatable bonds is 4. The molecule has 2 aromatic rings. The van der Waals surface area contributed by atoms with Gasteiger partial charge in [0.15, 0.2) is 0 Å². The maximum atomic E-state index is 11.2. The van der Waals surface area contributed by atoms with Crippen LogP contribution in [0.25, 0.3) is 0 Å². The van der Waals surface area contributed by atoms with Crippen molar-refractivity contribution in [1.29, 1.82) is 0 Å². The van der Waals surface area contributed by atoms with Crippen LogP contribution in [0.1, 0.15) is 33.4 Å². The highest BCUT2D eigenvalue weighted by Crippen LogP contribution is 2.19. The molecule has 102 valence electrons. The average Bonchev–Trinajstić information content (AvgIpc) is 2.76. The van der Waals surface area contributed by atoms with Crippen LogP contribution < -0.4 is 5.32 Å². The van der Waals surface area contributed by atoms with E-state index >= 15 is 0 Å². The second-order valence-corrected chi connectivity index (χ2v) is 4.34. The Kier molecular flexibility index (Phi) is 3.28. The largest absolute Gasteiger partial charge is 0.477 e. The lowest BCUT2D eigenvalue weighted by molar-refractivity contribution is 0.0697. The minimum atomic E-state index is -1.01. The van der Waals surface area contributed by atoms with Crippen molar-refractivity contribution in [2.24, 2.45) is 7.05 Å². The predicted octanol–water partition coefficient (Wildman–Crippen LogP) is 1.64. The molecule has 19 heavy (non-hydrogen) atoms. The standard InChI is InChI=1S/C12H16N4O3/c1-6-8(3)19-9(14-6)5-13-11-10(12(17)18)7(2)15-16(11)4/h13H,5H2,1-4H3,(H,17,18). The summed E-state index contributed by atoms with van der Waals surface area (Å²) in [6.45, 7) is 5.67. The summed E-state index contributed by atoms with van der Waals surface area (Å²) in [5.41, 5.74) is 1.47. The third-order valence-electron chi connectivity index (χ3n) is 2.92. The normalized spacial score (nSPS) is 10.7. The average molecular weight is 264 g/mol. The summed E-state index contributed by atoms with van der Waals surface area (Å²) in [4.78, 5) is 15.4. The number of carboxylic acids is 1. The Labute approximate surface area is 110 Å². The first-order chi connectivity index (χ1) is 8.90. The number of anilines is 1. The van der Waals surface area contributed by atoms with Crippen molar-refractivity contribution in [2.45, 2.75) is 27.3 Å². The predicted molar refractivity (Wildman–Crippen MR) is 68.2 cm³/mol. The Morgan fingerprint density at radius 3 is 2.58 bits per heavy atom. The zero-order valence-electron chi connectivity index (χ0n) is 11.3. The molecule has 2 N–H and O–H groups in total. The van der Waals surface area contributed by atoms with Crippen LogP contribution >= 0.6 is 0 Å². The number of aromatic carboxylic acids is 1. The lowest BCUT2D eigenvalue weighted by Gasteiger charge is -2.05. The summed E-state index contributed by atoms with van der Waals surface area (Å²) in [6.07, 6.45) is 0. The first-order valence-corrected chi connectivity index (χ1v) is 5.83. The van der Waals surface area contributed by atoms with E-state index in [1.165, 1.54) is 4.68 Å². The molecule has 0 atom stereocenters. The molecule has 0 unspecified atom stereocenters. The lowest BCUT2D eigenvalue weighted by Crippen LogP contribution is -2.09. The van der Waals surface area contributed by atoms with Gasteiger partial charge >= 0.3 is 5.97 Å². The lowest BCUT2D eigenvalue weighted by atomic mass is 10.2. The van der Waals surface area contributed by atoms with Gasteiger partial charge in [-0.25, -0.2) is 9.78 Å². The Morgan fingerprint density at radius 2 is 2.05 bits per heavy atom. The van der Waals surface area contributed by atoms with Crippen molar-refractivity contribution in [2.75, 3.05) is 5.32 Å². The fourth-order valence-electron chi connectivity index (χ4n) is 1.89. The van der Waals surface area contributed by atoms with E-state index in [9.17, 15) is 9.90 Å². The van der Waals surface area contributed by atoms with E-state index < -0.39 is 5.97 Å². The summed E-state index contributed by atoms with van der Waals surface area (Å²) >= 11 is 0. The second-order valence-electron chi connectivity index (χ2n) is 4.34. The molecular weight excluding hydrogens is 248 g/mol. The molecule has 0 amide bonds. The van der Waals surface area contributed by atoms with Crippen molar-refractivity contribution in [3.63, 3.8) is 0 Å². The monoisotopic (exact) mass is 264 g/mol. The van der Waals surface area contributed by atoms with Gasteiger partial charge in [-0.15, -0.1) is 0 Å². The van der Waals surface area contributed by atoms with Gasteiger partial charge in [-0.3, -0.25) is 4.68 Å². The quantitative estimate of drug-likeness (QED) is 0.872. The van der Waals surface area contributed by atoms with Gasteiger partial charge < -0.3 is 14.8 Å². The first kappa shape index (κ1) is 13.1. The van der Waals surface area contributed by atoms with E-state index in [0.29, 0.717) is 23.9 Å². The van der Waals surface area contributed by atoms with Crippen molar-refractivity contribution < 1.29 is 14.3 Å². The number of carbonyl (C=O) groups is 1. The Balaban J connectivity index is 2.22. The molecule has 7 nitrogen and oxygen atoms in total. The van der Waals surface area contributed by atoms with E-state index in [4.69, 9.17) is 4.42 Å². The summed E-state index contributed by atoms with van der Waals surface area (Å²) in [5, 5.41) is 16.3. The van der Waals surface area contributed by atoms with Crippen molar-refractivity contribution in [3.05, 3.63) is 28.6 Å². The highest BCUT2D eigenvalue weighted by Gasteiger charge is 2.19. The van der Waals surface area contributed by atoms with Crippen LogP contribution in [0.2, 0.25) is 0 Å². The highest BCUT2D eigenvalue weighted by molar-refractivity contribution is 5.94. The molecule has 0 aliphatic heterocycles. The fraction of sp³-hybridized carbons (Fsp3) is 0.417. The van der Waals surface area contributed by atoms with Gasteiger partial charge in [0, 0.05) is 7.05 Å². The van der Waals surface area contributed by atoms with E-state index in [1.54, 1.807) is 14.0 Å². The number of oxazole rings is 1. The van der Waals surface area contributed by atoms with Crippen LogP contribution in [0.5, 0.6) is 0 Å². The van der Waals surface area contributed by atoms with Gasteiger partial charge in [-0.2, -0.15) is 5.10 Å². The molecule has 7 heteroatoms. The number of aryl methyl sites for hydroxylation is 4. The van der Waals surface area contributed by atoms with Gasteiger partial charge in [-0.1, -0.05) is 0 Å². The zero-order valence-corrected chi connectivity index (χ0v) is 11.3. The van der Waals surface area contributed by atoms with E-state index in [2.05, 4.69) is 15.4 Å². The van der Waals surface area contributed by atoms with E-state index in [1.807, 2.05) is 13.8 Å². The van der Waals surface area contributed by atoms with Crippen LogP contribution in [0.4, 0.5) is 5.82 Å². The molecule has 0 fully saturated rings. The minimum Gasteiger partial charge on any atom is -0.477 e. The summed E-state index contributed by atoms with van der Waals surface area (Å²) < 4.78 is 6.93. The molecule has 2 aromatic heterocycles. The maximum Gasteiger partial charge on any atom is 0.341 e. The highest BCUT2D eigenvalue weighted by atomic mass is 16.4. The third-order valence-corrected chi connectivity index (χ3v) is 2.92. The summed E-state index contributed by atoms with van der Waals surface area (Å²) in [6, 6.07) is 0. The Morgan fingerprint density at radius 1 is 1.37 bits per heavy atom. The number of nitrogens with one attached hydrogen (secondary N) is 1. The molecular formula is C12H16N4O3. The molecule has 2 rings (SSSR count). The van der Waals surface area contributed by atoms with Crippen LogP contribution in [0.3, 0.4) is 0 Å². The van der Waals surface area contributed by atoms with Gasteiger partial charge in [0.05, 0.1) is 17.9 Å². The topological polar surface area (TPSA) is 93.2 Å². The first-order valence-electron chi connectivity index (χ1n) is 5.83. The number of aromatic nitrogens is 3. The van der Waals surface area contributed by atoms with E-state index in [0.717, 1.165) is 11.5 Å². The molecule has 0 spiro atoms. The molecule has 0 saturated carbocycles. The van der Waals surface area contributed by atoms with Crippen LogP contribution in [0, 0.1) is 20.8 Å². The Bertz CT molecular complexity index is 608. The summed E-state index contributed by atoms with van der Waals surface area (Å²) in [7, 11) is 1.69. The Hall–Kier alpha value is -2.31. The number of hydrogen-bond donors (Lipinski definition) is 2. The third kappa shape index (κ3) is 2.44. The van der Waals surface area contributed by atoms with Crippen LogP contribution in [-0.2, 0) is 13.6 Å². The second kappa shape index (κ2) is 4.75. The van der Waals surface area contributed by atoms with Crippen LogP contribution in [-0.4, -0.2) is 25.8 Å². The summed E-state index contributed by atoms with van der Waals surface area (Å²) in [5.74, 6) is 0.716. The van der Waals surface area contributed by atoms with Crippen LogP contribution in [0.15, 0.2) is 4.42 Å². The molecule has 0 bridgehead atoms. The maximum absolute atomic E-state index is 11.2. The zero-order chi connectivity index (χ0) is 14.2. The fourth-order valence-corrected chi connectivity index (χ4v) is 1.89. The molecule has 0 aliphatic carbocycles. The number of carboxylic acid groups (broad SMARTS) is 1. The van der Waals surface area contributed by atoms with Crippen molar-refractivity contribution >= 4 is 11.8 Å². The minimum absolute atomic E-state index is 0.169.